The van der Waals surface area contributed by atoms with Crippen LogP contribution in [-0.2, 0) is 0 Å². The molecule has 6 heteroatoms. The molecular formula is C19H22Cl2N2O2. The molecule has 1 aliphatic rings. The van der Waals surface area contributed by atoms with E-state index in [2.05, 4.69) is 16.3 Å². The Morgan fingerprint density at radius 2 is 1.68 bits per heavy atom. The van der Waals surface area contributed by atoms with E-state index in [-0.39, 0.29) is 6.04 Å². The average molecular weight is 381 g/mol. The molecule has 0 radical (unpaired) electrons. The summed E-state index contributed by atoms with van der Waals surface area (Å²) in [6, 6.07) is 11.6. The van der Waals surface area contributed by atoms with Gasteiger partial charge in [0.25, 0.3) is 0 Å². The molecule has 1 unspecified atom stereocenters. The van der Waals surface area contributed by atoms with E-state index in [0.29, 0.717) is 10.0 Å². The van der Waals surface area contributed by atoms with Crippen LogP contribution in [0.1, 0.15) is 17.2 Å². The molecule has 134 valence electrons. The maximum Gasteiger partial charge on any atom is 0.127 e. The molecule has 0 aromatic heterocycles. The Kier molecular flexibility index (Phi) is 6.07. The van der Waals surface area contributed by atoms with Gasteiger partial charge >= 0.3 is 0 Å². The van der Waals surface area contributed by atoms with Crippen molar-refractivity contribution < 1.29 is 9.47 Å². The molecule has 1 atom stereocenters. The SMILES string of the molecule is COc1ccc(C(c2ccc(Cl)cc2Cl)N2CCNCC2)c(OC)c1. The van der Waals surface area contributed by atoms with Crippen LogP contribution in [0.5, 0.6) is 11.5 Å². The topological polar surface area (TPSA) is 33.7 Å². The summed E-state index contributed by atoms with van der Waals surface area (Å²) in [4.78, 5) is 2.41. The summed E-state index contributed by atoms with van der Waals surface area (Å²) in [6.45, 7) is 3.75. The zero-order valence-corrected chi connectivity index (χ0v) is 15.9. The van der Waals surface area contributed by atoms with Gasteiger partial charge in [-0.2, -0.15) is 0 Å². The molecule has 1 heterocycles. The maximum atomic E-state index is 6.56. The number of nitrogens with one attached hydrogen (secondary N) is 1. The normalized spacial score (nSPS) is 16.5. The third kappa shape index (κ3) is 4.04. The fourth-order valence-corrected chi connectivity index (χ4v) is 3.78. The van der Waals surface area contributed by atoms with Crippen LogP contribution in [0, 0.1) is 0 Å². The molecule has 2 aromatic carbocycles. The summed E-state index contributed by atoms with van der Waals surface area (Å²) in [7, 11) is 3.33. The molecule has 2 aromatic rings. The minimum atomic E-state index is -0.00674. The lowest BCUT2D eigenvalue weighted by molar-refractivity contribution is 0.195. The molecular weight excluding hydrogens is 359 g/mol. The lowest BCUT2D eigenvalue weighted by atomic mass is 9.95. The van der Waals surface area contributed by atoms with Crippen molar-refractivity contribution in [3.05, 3.63) is 57.6 Å². The highest BCUT2D eigenvalue weighted by Gasteiger charge is 2.28. The van der Waals surface area contributed by atoms with Gasteiger partial charge in [0, 0.05) is 47.9 Å². The molecule has 1 aliphatic heterocycles. The highest BCUT2D eigenvalue weighted by Crippen LogP contribution is 2.40. The summed E-state index contributed by atoms with van der Waals surface area (Å²) in [6.07, 6.45) is 0. The zero-order valence-electron chi connectivity index (χ0n) is 14.4. The molecule has 0 spiro atoms. The number of rotatable bonds is 5. The number of halogens is 2. The lowest BCUT2D eigenvalue weighted by Gasteiger charge is -2.36. The van der Waals surface area contributed by atoms with Crippen molar-refractivity contribution in [2.75, 3.05) is 40.4 Å². The number of benzene rings is 2. The van der Waals surface area contributed by atoms with Crippen LogP contribution < -0.4 is 14.8 Å². The Balaban J connectivity index is 2.10. The number of piperazine rings is 1. The molecule has 1 fully saturated rings. The number of methoxy groups -OCH3 is 2. The van der Waals surface area contributed by atoms with E-state index in [1.54, 1.807) is 20.3 Å². The van der Waals surface area contributed by atoms with Gasteiger partial charge in [-0.15, -0.1) is 0 Å². The van der Waals surface area contributed by atoms with E-state index in [1.165, 1.54) is 0 Å². The van der Waals surface area contributed by atoms with Crippen LogP contribution in [0.25, 0.3) is 0 Å². The maximum absolute atomic E-state index is 6.56. The molecule has 0 amide bonds. The van der Waals surface area contributed by atoms with Gasteiger partial charge < -0.3 is 14.8 Å². The summed E-state index contributed by atoms with van der Waals surface area (Å²) in [5, 5.41) is 4.69. The van der Waals surface area contributed by atoms with Crippen LogP contribution in [0.3, 0.4) is 0 Å². The summed E-state index contributed by atoms with van der Waals surface area (Å²) < 4.78 is 11.0. The van der Waals surface area contributed by atoms with Gasteiger partial charge in [-0.25, -0.2) is 0 Å². The van der Waals surface area contributed by atoms with Crippen molar-refractivity contribution in [1.82, 2.24) is 10.2 Å². The van der Waals surface area contributed by atoms with E-state index in [1.807, 2.05) is 24.3 Å². The van der Waals surface area contributed by atoms with E-state index >= 15 is 0 Å². The van der Waals surface area contributed by atoms with E-state index in [9.17, 15) is 0 Å². The van der Waals surface area contributed by atoms with Crippen molar-refractivity contribution in [1.29, 1.82) is 0 Å². The Morgan fingerprint density at radius 1 is 0.960 bits per heavy atom. The largest absolute Gasteiger partial charge is 0.497 e. The first-order valence-electron chi connectivity index (χ1n) is 8.25. The molecule has 3 rings (SSSR count). The van der Waals surface area contributed by atoms with Gasteiger partial charge in [0.05, 0.1) is 20.3 Å². The van der Waals surface area contributed by atoms with Crippen LogP contribution in [0.2, 0.25) is 10.0 Å². The standard InChI is InChI=1S/C19H22Cl2N2O2/c1-24-14-4-6-16(18(12-14)25-2)19(23-9-7-22-8-10-23)15-5-3-13(20)11-17(15)21/h3-6,11-12,19,22H,7-10H2,1-2H3. The van der Waals surface area contributed by atoms with Gasteiger partial charge in [-0.1, -0.05) is 29.3 Å². The predicted molar refractivity (Wildman–Crippen MR) is 102 cm³/mol. The molecule has 25 heavy (non-hydrogen) atoms. The second kappa shape index (κ2) is 8.28. The van der Waals surface area contributed by atoms with Crippen molar-refractivity contribution in [3.8, 4) is 11.5 Å². The van der Waals surface area contributed by atoms with E-state index in [4.69, 9.17) is 32.7 Å². The van der Waals surface area contributed by atoms with Crippen LogP contribution >= 0.6 is 23.2 Å². The van der Waals surface area contributed by atoms with Crippen molar-refractivity contribution >= 4 is 23.2 Å². The zero-order chi connectivity index (χ0) is 17.8. The second-order valence-electron chi connectivity index (χ2n) is 5.96. The minimum absolute atomic E-state index is 0.00674. The molecule has 0 bridgehead atoms. The highest BCUT2D eigenvalue weighted by molar-refractivity contribution is 6.35. The lowest BCUT2D eigenvalue weighted by Crippen LogP contribution is -2.45. The number of hydrogen-bond acceptors (Lipinski definition) is 4. The third-order valence-corrected chi connectivity index (χ3v) is 5.07. The van der Waals surface area contributed by atoms with Gasteiger partial charge in [-0.05, 0) is 29.8 Å². The average Bonchev–Trinajstić information content (AvgIpc) is 2.64. The fourth-order valence-electron chi connectivity index (χ4n) is 3.27. The quantitative estimate of drug-likeness (QED) is 0.849. The van der Waals surface area contributed by atoms with Crippen molar-refractivity contribution in [3.63, 3.8) is 0 Å². The summed E-state index contributed by atoms with van der Waals surface area (Å²) in [5.41, 5.74) is 2.09. The van der Waals surface area contributed by atoms with Crippen molar-refractivity contribution in [2.45, 2.75) is 6.04 Å². The number of nitrogens with zero attached hydrogens (tertiary/aromatic N) is 1. The molecule has 1 saturated heterocycles. The van der Waals surface area contributed by atoms with Crippen LogP contribution in [0.4, 0.5) is 0 Å². The highest BCUT2D eigenvalue weighted by atomic mass is 35.5. The summed E-state index contributed by atoms with van der Waals surface area (Å²) in [5.74, 6) is 1.55. The van der Waals surface area contributed by atoms with Gasteiger partial charge in [0.2, 0.25) is 0 Å². The molecule has 4 nitrogen and oxygen atoms in total. The first-order chi connectivity index (χ1) is 12.1. The number of ether oxygens (including phenoxy) is 2. The Bertz CT molecular complexity index is 733. The molecule has 0 saturated carbocycles. The van der Waals surface area contributed by atoms with E-state index in [0.717, 1.165) is 48.8 Å². The van der Waals surface area contributed by atoms with Gasteiger partial charge in [0.1, 0.15) is 11.5 Å². The first-order valence-corrected chi connectivity index (χ1v) is 9.01. The second-order valence-corrected chi connectivity index (χ2v) is 6.81. The predicted octanol–water partition coefficient (Wildman–Crippen LogP) is 4.01. The Hall–Kier alpha value is -1.46. The molecule has 1 N–H and O–H groups in total. The Morgan fingerprint density at radius 3 is 2.32 bits per heavy atom. The molecule has 0 aliphatic carbocycles. The summed E-state index contributed by atoms with van der Waals surface area (Å²) >= 11 is 12.7. The minimum Gasteiger partial charge on any atom is -0.497 e. The number of hydrogen-bond donors (Lipinski definition) is 1. The van der Waals surface area contributed by atoms with Crippen LogP contribution in [0.15, 0.2) is 36.4 Å². The first kappa shape index (κ1) is 18.3. The van der Waals surface area contributed by atoms with Gasteiger partial charge in [-0.3, -0.25) is 4.90 Å². The van der Waals surface area contributed by atoms with Crippen molar-refractivity contribution in [2.24, 2.45) is 0 Å². The smallest absolute Gasteiger partial charge is 0.127 e. The fraction of sp³-hybridized carbons (Fsp3) is 0.368. The van der Waals surface area contributed by atoms with E-state index < -0.39 is 0 Å². The monoisotopic (exact) mass is 380 g/mol. The Labute approximate surface area is 158 Å². The van der Waals surface area contributed by atoms with Gasteiger partial charge in [0.15, 0.2) is 0 Å². The third-order valence-electron chi connectivity index (χ3n) is 4.51. The van der Waals surface area contributed by atoms with Crippen LogP contribution in [-0.4, -0.2) is 45.3 Å².